The maximum Gasteiger partial charge on any atom is 0.240 e. The van der Waals surface area contributed by atoms with Gasteiger partial charge in [0.05, 0.1) is 10.6 Å². The maximum absolute atomic E-state index is 14.6. The normalized spacial score (nSPS) is 20.2. The molecule has 0 aromatic heterocycles. The van der Waals surface area contributed by atoms with E-state index in [1.165, 1.54) is 24.3 Å². The van der Waals surface area contributed by atoms with Gasteiger partial charge in [-0.1, -0.05) is 28.3 Å². The van der Waals surface area contributed by atoms with Crippen LogP contribution in [0.5, 0.6) is 0 Å². The fraction of sp³-hybridized carbons (Fsp3) is 0.167. The second kappa shape index (κ2) is 6.09. The molecule has 0 saturated carbocycles. The van der Waals surface area contributed by atoms with Crippen molar-refractivity contribution in [2.75, 3.05) is 7.05 Å². The van der Waals surface area contributed by atoms with Gasteiger partial charge in [0, 0.05) is 5.56 Å². The minimum atomic E-state index is -0.501. The summed E-state index contributed by atoms with van der Waals surface area (Å²) in [6.45, 7) is 3.49. The fourth-order valence-corrected chi connectivity index (χ4v) is 3.80. The first-order valence-corrected chi connectivity index (χ1v) is 8.26. The van der Waals surface area contributed by atoms with Crippen LogP contribution in [0.25, 0.3) is 5.57 Å². The second-order valence-electron chi connectivity index (χ2n) is 6.11. The molecule has 1 aliphatic heterocycles. The third-order valence-corrected chi connectivity index (χ3v) is 4.83. The van der Waals surface area contributed by atoms with Gasteiger partial charge in [0.15, 0.2) is 5.82 Å². The lowest BCUT2D eigenvalue weighted by molar-refractivity contribution is 0.419. The van der Waals surface area contributed by atoms with Crippen molar-refractivity contribution in [1.29, 1.82) is 0 Å². The number of benzene rings is 2. The first kappa shape index (κ1) is 17.9. The highest BCUT2D eigenvalue weighted by Crippen LogP contribution is 2.43. The van der Waals surface area contributed by atoms with E-state index < -0.39 is 11.6 Å². The monoisotopic (exact) mass is 382 g/mol. The Kier molecular flexibility index (Phi) is 4.35. The average Bonchev–Trinajstić information content (AvgIpc) is 2.69. The summed E-state index contributed by atoms with van der Waals surface area (Å²) in [5.74, 6) is -0.695. The van der Waals surface area contributed by atoms with Crippen LogP contribution in [-0.4, -0.2) is 12.8 Å². The number of quaternary nitrogens is 1. The highest BCUT2D eigenvalue weighted by molar-refractivity contribution is 6.36. The van der Waals surface area contributed by atoms with Gasteiger partial charge >= 0.3 is 0 Å². The number of nitrogens with zero attached hydrogens (tertiary/aromatic N) is 2. The van der Waals surface area contributed by atoms with E-state index in [1.54, 1.807) is 27.0 Å². The predicted molar refractivity (Wildman–Crippen MR) is 99.5 cm³/mol. The first-order valence-electron chi connectivity index (χ1n) is 7.51. The lowest BCUT2D eigenvalue weighted by atomic mass is 10.0. The van der Waals surface area contributed by atoms with Crippen molar-refractivity contribution in [2.24, 2.45) is 10.8 Å². The Morgan fingerprint density at radius 3 is 2.32 bits per heavy atom. The van der Waals surface area contributed by atoms with Crippen molar-refractivity contribution in [3.05, 3.63) is 69.0 Å². The zero-order valence-corrected chi connectivity index (χ0v) is 15.4. The van der Waals surface area contributed by atoms with Gasteiger partial charge < -0.3 is 5.73 Å². The summed E-state index contributed by atoms with van der Waals surface area (Å²) in [4.78, 5) is 0. The molecule has 130 valence electrons. The molecular weight excluding hydrogens is 367 g/mol. The molecule has 0 aliphatic carbocycles. The standard InChI is InChI=1S/C18H16Cl2F2N3/c1-9-6-14(20)17(15(22)7-9)25(3)18(23)16(10(2)24-25)12-5-4-11(21)8-13(12)19/h4-8H,23H2,1-3H3/q+1. The quantitative estimate of drug-likeness (QED) is 0.709. The van der Waals surface area contributed by atoms with Crippen molar-refractivity contribution < 1.29 is 8.78 Å². The van der Waals surface area contributed by atoms with Gasteiger partial charge in [0.25, 0.3) is 0 Å². The minimum Gasteiger partial charge on any atom is -0.352 e. The second-order valence-corrected chi connectivity index (χ2v) is 6.92. The topological polar surface area (TPSA) is 38.4 Å². The third kappa shape index (κ3) is 2.82. The van der Waals surface area contributed by atoms with E-state index in [0.29, 0.717) is 22.4 Å². The van der Waals surface area contributed by atoms with Crippen LogP contribution in [0.2, 0.25) is 10.0 Å². The lowest BCUT2D eigenvalue weighted by Crippen LogP contribution is -2.41. The fourth-order valence-electron chi connectivity index (χ4n) is 3.11. The number of halogens is 4. The van der Waals surface area contributed by atoms with Crippen LogP contribution < -0.4 is 10.3 Å². The number of nitrogens with two attached hydrogens (primary N) is 1. The van der Waals surface area contributed by atoms with Gasteiger partial charge in [-0.2, -0.15) is 0 Å². The van der Waals surface area contributed by atoms with Gasteiger partial charge in [0.2, 0.25) is 11.5 Å². The van der Waals surface area contributed by atoms with E-state index in [2.05, 4.69) is 5.10 Å². The van der Waals surface area contributed by atoms with Crippen LogP contribution in [0.3, 0.4) is 0 Å². The predicted octanol–water partition coefficient (Wildman–Crippen LogP) is 5.23. The molecular formula is C18H16Cl2F2N3+. The molecule has 7 heteroatoms. The van der Waals surface area contributed by atoms with Gasteiger partial charge in [0.1, 0.15) is 23.6 Å². The summed E-state index contributed by atoms with van der Waals surface area (Å²) in [7, 11) is 1.64. The van der Waals surface area contributed by atoms with Crippen molar-refractivity contribution in [3.63, 3.8) is 0 Å². The molecule has 1 aliphatic rings. The van der Waals surface area contributed by atoms with Gasteiger partial charge in [-0.05, 0) is 49.7 Å². The Balaban J connectivity index is 2.25. The molecule has 1 unspecified atom stereocenters. The van der Waals surface area contributed by atoms with Crippen LogP contribution in [0.15, 0.2) is 41.3 Å². The molecule has 0 radical (unpaired) electrons. The van der Waals surface area contributed by atoms with Crippen molar-refractivity contribution in [3.8, 4) is 0 Å². The smallest absolute Gasteiger partial charge is 0.240 e. The molecule has 1 heterocycles. The van der Waals surface area contributed by atoms with Crippen LogP contribution in [0, 0.1) is 18.6 Å². The van der Waals surface area contributed by atoms with Crippen LogP contribution in [0.4, 0.5) is 14.5 Å². The first-order chi connectivity index (χ1) is 11.6. The van der Waals surface area contributed by atoms with E-state index >= 15 is 0 Å². The molecule has 1 atom stereocenters. The zero-order valence-electron chi connectivity index (χ0n) is 13.9. The van der Waals surface area contributed by atoms with Crippen molar-refractivity contribution in [1.82, 2.24) is 4.59 Å². The van der Waals surface area contributed by atoms with Gasteiger partial charge in [-0.15, -0.1) is 4.59 Å². The molecule has 3 nitrogen and oxygen atoms in total. The Bertz CT molecular complexity index is 930. The number of hydrogen-bond acceptors (Lipinski definition) is 2. The highest BCUT2D eigenvalue weighted by Gasteiger charge is 2.43. The molecule has 0 fully saturated rings. The van der Waals surface area contributed by atoms with E-state index in [0.717, 1.165) is 0 Å². The molecule has 0 amide bonds. The maximum atomic E-state index is 14.6. The van der Waals surface area contributed by atoms with E-state index in [-0.39, 0.29) is 26.1 Å². The molecule has 2 aromatic carbocycles. The zero-order chi connectivity index (χ0) is 18.5. The summed E-state index contributed by atoms with van der Waals surface area (Å²) in [5, 5.41) is 4.96. The average molecular weight is 383 g/mol. The van der Waals surface area contributed by atoms with Crippen LogP contribution in [0.1, 0.15) is 18.1 Å². The molecule has 25 heavy (non-hydrogen) atoms. The summed E-state index contributed by atoms with van der Waals surface area (Å²) in [5.41, 5.74) is 8.84. The number of aryl methyl sites for hydroxylation is 1. The molecule has 3 rings (SSSR count). The minimum absolute atomic E-state index is 0.150. The van der Waals surface area contributed by atoms with E-state index in [1.807, 2.05) is 0 Å². The molecule has 0 bridgehead atoms. The van der Waals surface area contributed by atoms with Gasteiger partial charge in [-0.3, -0.25) is 0 Å². The SMILES string of the molecule is CC1=N[N+](C)(c2c(F)cc(C)cc2Cl)C(N)=C1c1ccc(F)cc1Cl. The summed E-state index contributed by atoms with van der Waals surface area (Å²) in [6, 6.07) is 7.06. The van der Waals surface area contributed by atoms with Crippen LogP contribution in [-0.2, 0) is 0 Å². The summed E-state index contributed by atoms with van der Waals surface area (Å²) < 4.78 is 27.6. The highest BCUT2D eigenvalue weighted by atomic mass is 35.5. The lowest BCUT2D eigenvalue weighted by Gasteiger charge is -2.25. The molecule has 2 aromatic rings. The number of allylic oxidation sites excluding steroid dienone is 1. The summed E-state index contributed by atoms with van der Waals surface area (Å²) >= 11 is 12.5. The number of rotatable bonds is 2. The van der Waals surface area contributed by atoms with E-state index in [4.69, 9.17) is 28.9 Å². The Morgan fingerprint density at radius 1 is 1.04 bits per heavy atom. The van der Waals surface area contributed by atoms with Crippen molar-refractivity contribution >= 4 is 40.2 Å². The van der Waals surface area contributed by atoms with E-state index in [9.17, 15) is 8.78 Å². The molecule has 0 saturated heterocycles. The summed E-state index contributed by atoms with van der Waals surface area (Å²) in [6.07, 6.45) is 0. The Morgan fingerprint density at radius 2 is 1.72 bits per heavy atom. The molecule has 0 spiro atoms. The number of hydrogen-bond donors (Lipinski definition) is 1. The Labute approximate surface area is 154 Å². The van der Waals surface area contributed by atoms with Crippen LogP contribution >= 0.6 is 23.2 Å². The Hall–Kier alpha value is -1.95. The van der Waals surface area contributed by atoms with Crippen molar-refractivity contribution in [2.45, 2.75) is 13.8 Å². The largest absolute Gasteiger partial charge is 0.352 e. The third-order valence-electron chi connectivity index (χ3n) is 4.23. The van der Waals surface area contributed by atoms with Gasteiger partial charge in [-0.25, -0.2) is 8.78 Å². The molecule has 2 N–H and O–H groups in total.